The number of hydrogen-bond donors (Lipinski definition) is 1. The first-order chi connectivity index (χ1) is 12.0. The fourth-order valence-electron chi connectivity index (χ4n) is 3.01. The Labute approximate surface area is 150 Å². The molecule has 0 bridgehead atoms. The minimum atomic E-state index is -0.264. The van der Waals surface area contributed by atoms with Gasteiger partial charge in [0.25, 0.3) is 11.8 Å². The third-order valence-electron chi connectivity index (χ3n) is 4.36. The molecule has 3 heterocycles. The zero-order valence-electron chi connectivity index (χ0n) is 14.7. The maximum absolute atomic E-state index is 13.1. The lowest BCUT2D eigenvalue weighted by Crippen LogP contribution is -2.41. The monoisotopic (exact) mass is 362 g/mol. The molecule has 25 heavy (non-hydrogen) atoms. The summed E-state index contributed by atoms with van der Waals surface area (Å²) >= 11 is 1.45. The molecule has 0 spiro atoms. The average Bonchev–Trinajstić information content (AvgIpc) is 3.17. The van der Waals surface area contributed by atoms with E-state index >= 15 is 0 Å². The third kappa shape index (κ3) is 3.45. The summed E-state index contributed by atoms with van der Waals surface area (Å²) < 4.78 is 6.85. The van der Waals surface area contributed by atoms with E-state index in [9.17, 15) is 9.59 Å². The van der Waals surface area contributed by atoms with Gasteiger partial charge in [0.05, 0.1) is 18.8 Å². The van der Waals surface area contributed by atoms with Gasteiger partial charge in [-0.1, -0.05) is 6.92 Å². The summed E-state index contributed by atoms with van der Waals surface area (Å²) in [6.45, 7) is 6.26. The zero-order valence-corrected chi connectivity index (χ0v) is 15.5. The number of carbonyl (C=O) groups is 2. The molecule has 0 atom stereocenters. The molecule has 134 valence electrons. The van der Waals surface area contributed by atoms with E-state index in [1.165, 1.54) is 16.0 Å². The van der Waals surface area contributed by atoms with Crippen molar-refractivity contribution in [3.05, 3.63) is 34.0 Å². The van der Waals surface area contributed by atoms with Gasteiger partial charge in [-0.3, -0.25) is 14.3 Å². The Kier molecular flexibility index (Phi) is 5.19. The standard InChI is InChI=1S/C17H22N4O3S/c1-4-12-11(2)25-16(19-15(22)13-5-6-18-20(13)3)14(12)17(23)21-7-9-24-10-8-21/h5-6H,4,7-10H2,1-3H3,(H,19,22). The lowest BCUT2D eigenvalue weighted by Gasteiger charge is -2.27. The van der Waals surface area contributed by atoms with Crippen LogP contribution in [0, 0.1) is 6.92 Å². The average molecular weight is 362 g/mol. The summed E-state index contributed by atoms with van der Waals surface area (Å²) in [5.41, 5.74) is 2.07. The molecule has 0 radical (unpaired) electrons. The van der Waals surface area contributed by atoms with E-state index in [0.29, 0.717) is 42.6 Å². The summed E-state index contributed by atoms with van der Waals surface area (Å²) in [7, 11) is 1.71. The van der Waals surface area contributed by atoms with Crippen LogP contribution in [0.1, 0.15) is 38.2 Å². The van der Waals surface area contributed by atoms with E-state index in [0.717, 1.165) is 16.9 Å². The highest BCUT2D eigenvalue weighted by molar-refractivity contribution is 7.16. The second-order valence-corrected chi connectivity index (χ2v) is 7.12. The molecule has 0 aliphatic carbocycles. The molecule has 7 nitrogen and oxygen atoms in total. The largest absolute Gasteiger partial charge is 0.378 e. The summed E-state index contributed by atoms with van der Waals surface area (Å²) in [5.74, 6) is -0.301. The molecule has 2 amide bonds. The van der Waals surface area contributed by atoms with Crippen molar-refractivity contribution in [2.24, 2.45) is 7.05 Å². The number of carbonyl (C=O) groups excluding carboxylic acids is 2. The van der Waals surface area contributed by atoms with E-state index in [4.69, 9.17) is 4.74 Å². The van der Waals surface area contributed by atoms with Crippen LogP contribution in [0.4, 0.5) is 5.00 Å². The van der Waals surface area contributed by atoms with Gasteiger partial charge in [0.15, 0.2) is 0 Å². The Bertz CT molecular complexity index is 790. The number of thiophene rings is 1. The molecular weight excluding hydrogens is 340 g/mol. The Morgan fingerprint density at radius 2 is 2.08 bits per heavy atom. The second-order valence-electron chi connectivity index (χ2n) is 5.89. The maximum atomic E-state index is 13.1. The number of nitrogens with zero attached hydrogens (tertiary/aromatic N) is 3. The zero-order chi connectivity index (χ0) is 18.0. The fourth-order valence-corrected chi connectivity index (χ4v) is 4.14. The van der Waals surface area contributed by atoms with E-state index in [-0.39, 0.29) is 11.8 Å². The fraction of sp³-hybridized carbons (Fsp3) is 0.471. The van der Waals surface area contributed by atoms with Crippen LogP contribution in [0.15, 0.2) is 12.3 Å². The molecule has 8 heteroatoms. The minimum absolute atomic E-state index is 0.0372. The molecule has 2 aromatic rings. The second kappa shape index (κ2) is 7.37. The van der Waals surface area contributed by atoms with Crippen molar-refractivity contribution in [1.82, 2.24) is 14.7 Å². The van der Waals surface area contributed by atoms with Crippen molar-refractivity contribution in [1.29, 1.82) is 0 Å². The molecular formula is C17H22N4O3S. The number of hydrogen-bond acceptors (Lipinski definition) is 5. The van der Waals surface area contributed by atoms with Crippen LogP contribution in [-0.2, 0) is 18.2 Å². The number of amides is 2. The predicted octanol–water partition coefficient (Wildman–Crippen LogP) is 2.08. The van der Waals surface area contributed by atoms with Crippen LogP contribution in [0.2, 0.25) is 0 Å². The van der Waals surface area contributed by atoms with Gasteiger partial charge in [-0.05, 0) is 25.0 Å². The van der Waals surface area contributed by atoms with Gasteiger partial charge < -0.3 is 15.0 Å². The van der Waals surface area contributed by atoms with Crippen molar-refractivity contribution in [2.45, 2.75) is 20.3 Å². The summed E-state index contributed by atoms with van der Waals surface area (Å²) in [5, 5.41) is 7.54. The SMILES string of the molecule is CCc1c(C)sc(NC(=O)c2ccnn2C)c1C(=O)N1CCOCC1. The molecule has 2 aromatic heterocycles. The highest BCUT2D eigenvalue weighted by Gasteiger charge is 2.27. The lowest BCUT2D eigenvalue weighted by molar-refractivity contribution is 0.0303. The molecule has 3 rings (SSSR count). The van der Waals surface area contributed by atoms with Crippen molar-refractivity contribution in [2.75, 3.05) is 31.6 Å². The van der Waals surface area contributed by atoms with Crippen LogP contribution in [0.3, 0.4) is 0 Å². The first-order valence-electron chi connectivity index (χ1n) is 8.31. The molecule has 1 saturated heterocycles. The van der Waals surface area contributed by atoms with Gasteiger partial charge in [0.2, 0.25) is 0 Å². The lowest BCUT2D eigenvalue weighted by atomic mass is 10.1. The number of aromatic nitrogens is 2. The van der Waals surface area contributed by atoms with Gasteiger partial charge in [-0.2, -0.15) is 5.10 Å². The van der Waals surface area contributed by atoms with Crippen molar-refractivity contribution >= 4 is 28.2 Å². The maximum Gasteiger partial charge on any atom is 0.274 e. The number of ether oxygens (including phenoxy) is 1. The van der Waals surface area contributed by atoms with Crippen LogP contribution in [0.5, 0.6) is 0 Å². The highest BCUT2D eigenvalue weighted by Crippen LogP contribution is 2.35. The first-order valence-corrected chi connectivity index (χ1v) is 9.13. The van der Waals surface area contributed by atoms with Crippen LogP contribution in [-0.4, -0.2) is 52.8 Å². The predicted molar refractivity (Wildman–Crippen MR) is 96.3 cm³/mol. The minimum Gasteiger partial charge on any atom is -0.378 e. The molecule has 0 unspecified atom stereocenters. The quantitative estimate of drug-likeness (QED) is 0.903. The molecule has 1 aliphatic heterocycles. The Hall–Kier alpha value is -2.19. The Morgan fingerprint density at radius 3 is 2.68 bits per heavy atom. The van der Waals surface area contributed by atoms with Gasteiger partial charge in [0, 0.05) is 31.2 Å². The summed E-state index contributed by atoms with van der Waals surface area (Å²) in [6, 6.07) is 1.65. The molecule has 0 saturated carbocycles. The smallest absolute Gasteiger partial charge is 0.274 e. The molecule has 1 N–H and O–H groups in total. The number of anilines is 1. The first kappa shape index (κ1) is 17.6. The van der Waals surface area contributed by atoms with Crippen molar-refractivity contribution < 1.29 is 14.3 Å². The van der Waals surface area contributed by atoms with Crippen LogP contribution >= 0.6 is 11.3 Å². The van der Waals surface area contributed by atoms with Gasteiger partial charge in [0.1, 0.15) is 10.7 Å². The number of aryl methyl sites for hydroxylation is 2. The summed E-state index contributed by atoms with van der Waals surface area (Å²) in [6.07, 6.45) is 2.32. The van der Waals surface area contributed by atoms with Crippen molar-refractivity contribution in [3.63, 3.8) is 0 Å². The van der Waals surface area contributed by atoms with Gasteiger partial charge >= 0.3 is 0 Å². The van der Waals surface area contributed by atoms with Gasteiger partial charge in [-0.25, -0.2) is 0 Å². The van der Waals surface area contributed by atoms with E-state index < -0.39 is 0 Å². The topological polar surface area (TPSA) is 76.5 Å². The van der Waals surface area contributed by atoms with E-state index in [1.807, 2.05) is 13.8 Å². The number of morpholine rings is 1. The molecule has 1 fully saturated rings. The Balaban J connectivity index is 1.92. The third-order valence-corrected chi connectivity index (χ3v) is 5.42. The van der Waals surface area contributed by atoms with E-state index in [2.05, 4.69) is 10.4 Å². The summed E-state index contributed by atoms with van der Waals surface area (Å²) in [4.78, 5) is 28.5. The van der Waals surface area contributed by atoms with Crippen LogP contribution < -0.4 is 5.32 Å². The molecule has 0 aromatic carbocycles. The normalized spacial score (nSPS) is 14.6. The van der Waals surface area contributed by atoms with Crippen LogP contribution in [0.25, 0.3) is 0 Å². The van der Waals surface area contributed by atoms with Crippen molar-refractivity contribution in [3.8, 4) is 0 Å². The molecule has 1 aliphatic rings. The number of nitrogens with one attached hydrogen (secondary N) is 1. The highest BCUT2D eigenvalue weighted by atomic mass is 32.1. The number of rotatable bonds is 4. The van der Waals surface area contributed by atoms with E-state index in [1.54, 1.807) is 24.2 Å². The van der Waals surface area contributed by atoms with Gasteiger partial charge in [-0.15, -0.1) is 11.3 Å². The Morgan fingerprint density at radius 1 is 1.36 bits per heavy atom.